The Labute approximate surface area is 172 Å². The molecule has 1 saturated heterocycles. The van der Waals surface area contributed by atoms with Gasteiger partial charge in [0, 0.05) is 15.6 Å². The molecule has 0 N–H and O–H groups in total. The van der Waals surface area contributed by atoms with Gasteiger partial charge in [-0.2, -0.15) is 0 Å². The lowest BCUT2D eigenvalue weighted by Gasteiger charge is -2.32. The molecular weight excluding hydrogens is 371 g/mol. The Morgan fingerprint density at radius 3 is 2.04 bits per heavy atom. The van der Waals surface area contributed by atoms with E-state index in [1.807, 2.05) is 58.0 Å². The fourth-order valence-corrected chi connectivity index (χ4v) is 3.93. The molecule has 2 aromatic carbocycles. The van der Waals surface area contributed by atoms with Gasteiger partial charge in [-0.1, -0.05) is 42.1 Å². The van der Waals surface area contributed by atoms with Crippen LogP contribution in [-0.4, -0.2) is 31.4 Å². The molecule has 148 valence electrons. The minimum Gasteiger partial charge on any atom is -0.469 e. The lowest BCUT2D eigenvalue weighted by molar-refractivity contribution is -0.140. The average Bonchev–Trinajstić information content (AvgIpc) is 2.88. The molecule has 0 saturated carbocycles. The monoisotopic (exact) mass is 398 g/mol. The van der Waals surface area contributed by atoms with E-state index in [4.69, 9.17) is 14.0 Å². The van der Waals surface area contributed by atoms with E-state index in [2.05, 4.69) is 24.3 Å². The van der Waals surface area contributed by atoms with Crippen molar-refractivity contribution >= 4 is 24.8 Å². The lowest BCUT2D eigenvalue weighted by atomic mass is 9.66. The van der Waals surface area contributed by atoms with Gasteiger partial charge in [-0.25, -0.2) is 0 Å². The molecule has 0 radical (unpaired) electrons. The molecule has 0 aromatic heterocycles. The second kappa shape index (κ2) is 8.32. The Morgan fingerprint density at radius 2 is 1.50 bits per heavy atom. The number of benzene rings is 2. The highest BCUT2D eigenvalue weighted by atomic mass is 32.2. The molecule has 0 aliphatic carbocycles. The van der Waals surface area contributed by atoms with Crippen LogP contribution in [0.4, 0.5) is 0 Å². The van der Waals surface area contributed by atoms with Crippen molar-refractivity contribution in [2.75, 3.05) is 7.11 Å². The molecule has 4 nitrogen and oxygen atoms in total. The molecule has 1 atom stereocenters. The van der Waals surface area contributed by atoms with E-state index in [-0.39, 0.29) is 18.2 Å². The number of rotatable bonds is 6. The van der Waals surface area contributed by atoms with Crippen LogP contribution in [0.25, 0.3) is 0 Å². The first kappa shape index (κ1) is 21.0. The Balaban J connectivity index is 1.81. The molecule has 1 unspecified atom stereocenters. The highest BCUT2D eigenvalue weighted by Gasteiger charge is 2.54. The van der Waals surface area contributed by atoms with Crippen molar-refractivity contribution in [3.63, 3.8) is 0 Å². The van der Waals surface area contributed by atoms with Crippen molar-refractivity contribution in [2.45, 2.75) is 60.9 Å². The van der Waals surface area contributed by atoms with E-state index in [9.17, 15) is 4.79 Å². The van der Waals surface area contributed by atoms with Crippen molar-refractivity contribution < 1.29 is 18.8 Å². The van der Waals surface area contributed by atoms with Gasteiger partial charge in [-0.15, -0.1) is 0 Å². The topological polar surface area (TPSA) is 44.8 Å². The zero-order valence-corrected chi connectivity index (χ0v) is 17.9. The first-order valence-electron chi connectivity index (χ1n) is 9.47. The van der Waals surface area contributed by atoms with Crippen LogP contribution in [-0.2, 0) is 18.8 Å². The van der Waals surface area contributed by atoms with Gasteiger partial charge in [0.15, 0.2) is 0 Å². The van der Waals surface area contributed by atoms with Crippen LogP contribution in [0, 0.1) is 0 Å². The lowest BCUT2D eigenvalue weighted by Crippen LogP contribution is -2.41. The van der Waals surface area contributed by atoms with Crippen LogP contribution in [0.2, 0.25) is 0 Å². The number of hydrogen-bond acceptors (Lipinski definition) is 5. The Hall–Kier alpha value is -1.76. The quantitative estimate of drug-likeness (QED) is 0.500. The summed E-state index contributed by atoms with van der Waals surface area (Å²) < 4.78 is 17.3. The van der Waals surface area contributed by atoms with Gasteiger partial charge in [0.05, 0.1) is 24.7 Å². The number of ether oxygens (including phenoxy) is 1. The zero-order valence-electron chi connectivity index (χ0n) is 17.1. The second-order valence-corrected chi connectivity index (χ2v) is 9.14. The number of hydrogen-bond donors (Lipinski definition) is 0. The summed E-state index contributed by atoms with van der Waals surface area (Å²) in [6.45, 7) is 8.06. The van der Waals surface area contributed by atoms with Crippen LogP contribution >= 0.6 is 11.8 Å². The third-order valence-electron chi connectivity index (χ3n) is 5.50. The second-order valence-electron chi connectivity index (χ2n) is 8.00. The Morgan fingerprint density at radius 1 is 0.964 bits per heavy atom. The number of methoxy groups -OCH3 is 1. The molecule has 1 aliphatic rings. The molecule has 0 amide bonds. The van der Waals surface area contributed by atoms with Gasteiger partial charge < -0.3 is 14.0 Å². The molecule has 1 fully saturated rings. The molecule has 1 aliphatic heterocycles. The van der Waals surface area contributed by atoms with Crippen LogP contribution < -0.4 is 0 Å². The first-order valence-corrected chi connectivity index (χ1v) is 10.3. The fourth-order valence-electron chi connectivity index (χ4n) is 3.09. The van der Waals surface area contributed by atoms with Crippen molar-refractivity contribution in [3.05, 3.63) is 60.2 Å². The summed E-state index contributed by atoms with van der Waals surface area (Å²) in [5.74, 6) is -0.508. The van der Waals surface area contributed by atoms with Crippen LogP contribution in [0.3, 0.4) is 0 Å². The van der Waals surface area contributed by atoms with Gasteiger partial charge in [0.2, 0.25) is 0 Å². The van der Waals surface area contributed by atoms with Crippen molar-refractivity contribution in [2.24, 2.45) is 0 Å². The first-order chi connectivity index (χ1) is 13.2. The molecule has 1 heterocycles. The maximum atomic E-state index is 12.0. The Kier molecular flexibility index (Phi) is 6.23. The largest absolute Gasteiger partial charge is 0.469 e. The van der Waals surface area contributed by atoms with Crippen LogP contribution in [0.1, 0.15) is 45.5 Å². The van der Waals surface area contributed by atoms with Gasteiger partial charge in [0.1, 0.15) is 0 Å². The Bertz CT molecular complexity index is 789. The van der Waals surface area contributed by atoms with Gasteiger partial charge in [-0.05, 0) is 57.5 Å². The van der Waals surface area contributed by atoms with Gasteiger partial charge in [0.25, 0.3) is 0 Å². The molecule has 0 bridgehead atoms. The van der Waals surface area contributed by atoms with E-state index in [0.717, 1.165) is 10.5 Å². The summed E-state index contributed by atoms with van der Waals surface area (Å²) in [5, 5.41) is 0. The SMILES string of the molecule is COC(=O)CC(B1OC(C)(C)C(C)(C)O1)c1ccc(Sc2ccccc2)cc1. The highest BCUT2D eigenvalue weighted by Crippen LogP contribution is 2.42. The average molecular weight is 398 g/mol. The van der Waals surface area contributed by atoms with E-state index < -0.39 is 18.3 Å². The third-order valence-corrected chi connectivity index (χ3v) is 6.52. The number of carbonyl (C=O) groups is 1. The van der Waals surface area contributed by atoms with E-state index in [1.165, 1.54) is 12.0 Å². The maximum Gasteiger partial charge on any atom is 0.466 e. The van der Waals surface area contributed by atoms with Crippen molar-refractivity contribution in [3.8, 4) is 0 Å². The minimum absolute atomic E-state index is 0.207. The smallest absolute Gasteiger partial charge is 0.466 e. The predicted molar refractivity (Wildman–Crippen MR) is 112 cm³/mol. The molecule has 6 heteroatoms. The fraction of sp³-hybridized carbons (Fsp3) is 0.409. The van der Waals surface area contributed by atoms with Crippen molar-refractivity contribution in [1.82, 2.24) is 0 Å². The maximum absolute atomic E-state index is 12.0. The van der Waals surface area contributed by atoms with Gasteiger partial charge in [-0.3, -0.25) is 4.79 Å². The standard InChI is InChI=1S/C22H27BO4S/c1-21(2)22(3,4)27-23(26-21)19(15-20(24)25-5)16-11-13-18(14-12-16)28-17-9-7-6-8-10-17/h6-14,19H,15H2,1-5H3. The molecule has 2 aromatic rings. The van der Waals surface area contributed by atoms with E-state index in [0.29, 0.717) is 0 Å². The summed E-state index contributed by atoms with van der Waals surface area (Å²) in [6, 6.07) is 18.5. The number of esters is 1. The van der Waals surface area contributed by atoms with E-state index in [1.54, 1.807) is 11.8 Å². The predicted octanol–water partition coefficient (Wildman–Crippen LogP) is 5.12. The molecular formula is C22H27BO4S. The summed E-state index contributed by atoms with van der Waals surface area (Å²) in [5.41, 5.74) is 0.103. The van der Waals surface area contributed by atoms with Crippen LogP contribution in [0.5, 0.6) is 0 Å². The summed E-state index contributed by atoms with van der Waals surface area (Å²) in [6.07, 6.45) is 0.207. The van der Waals surface area contributed by atoms with Gasteiger partial charge >= 0.3 is 13.1 Å². The molecule has 28 heavy (non-hydrogen) atoms. The minimum atomic E-state index is -0.503. The third kappa shape index (κ3) is 4.62. The van der Waals surface area contributed by atoms with Crippen molar-refractivity contribution in [1.29, 1.82) is 0 Å². The molecule has 0 spiro atoms. The summed E-state index contributed by atoms with van der Waals surface area (Å²) in [7, 11) is 0.903. The normalized spacial score (nSPS) is 18.7. The number of carbonyl (C=O) groups excluding carboxylic acids is 1. The van der Waals surface area contributed by atoms with Crippen LogP contribution in [0.15, 0.2) is 64.4 Å². The highest BCUT2D eigenvalue weighted by molar-refractivity contribution is 7.99. The zero-order chi connectivity index (χ0) is 20.4. The summed E-state index contributed by atoms with van der Waals surface area (Å²) in [4.78, 5) is 14.4. The summed E-state index contributed by atoms with van der Waals surface area (Å²) >= 11 is 1.70. The molecule has 3 rings (SSSR count). The van der Waals surface area contributed by atoms with E-state index >= 15 is 0 Å².